The predicted octanol–water partition coefficient (Wildman–Crippen LogP) is 15.1. The number of nitrogens with zero attached hydrogens (tertiary/aromatic N) is 6. The van der Waals surface area contributed by atoms with Crippen molar-refractivity contribution in [3.63, 3.8) is 0 Å². The molecule has 1 aliphatic rings. The van der Waals surface area contributed by atoms with Gasteiger partial charge in [0.15, 0.2) is 17.5 Å². The minimum atomic E-state index is 0.166. The molecule has 64 heavy (non-hydrogen) atoms. The molecule has 0 saturated heterocycles. The number of aromatic nitrogens is 3. The van der Waals surface area contributed by atoms with Crippen LogP contribution in [-0.2, 0) is 0 Å². The van der Waals surface area contributed by atoms with Gasteiger partial charge in [-0.25, -0.2) is 15.0 Å². The number of hydrogen-bond acceptors (Lipinski definition) is 6. The van der Waals surface area contributed by atoms with Gasteiger partial charge in [0.1, 0.15) is 0 Å². The molecule has 308 valence electrons. The first-order valence-corrected chi connectivity index (χ1v) is 21.7. The van der Waals surface area contributed by atoms with Crippen LogP contribution in [0.25, 0.3) is 34.2 Å². The van der Waals surface area contributed by atoms with Crippen LogP contribution in [0.1, 0.15) is 6.92 Å². The summed E-state index contributed by atoms with van der Waals surface area (Å²) in [6.07, 6.45) is 8.83. The molecule has 0 spiro atoms. The van der Waals surface area contributed by atoms with Gasteiger partial charge >= 0.3 is 0 Å². The molecule has 8 aromatic carbocycles. The first-order chi connectivity index (χ1) is 31.7. The molecule has 1 heterocycles. The topological polar surface area (TPSA) is 48.4 Å². The van der Waals surface area contributed by atoms with Crippen molar-refractivity contribution in [2.24, 2.45) is 5.92 Å². The zero-order chi connectivity index (χ0) is 43.1. The smallest absolute Gasteiger partial charge is 0.164 e. The molecule has 0 N–H and O–H groups in total. The predicted molar refractivity (Wildman–Crippen MR) is 265 cm³/mol. The molecule has 2 unspecified atom stereocenters. The first kappa shape index (κ1) is 39.8. The molecular weight excluding hydrogens is 781 g/mol. The monoisotopic (exact) mass is 826 g/mol. The molecule has 0 saturated carbocycles. The molecule has 0 fully saturated rings. The van der Waals surface area contributed by atoms with Gasteiger partial charge in [-0.2, -0.15) is 0 Å². The Kier molecular flexibility index (Phi) is 11.4. The van der Waals surface area contributed by atoms with Crippen molar-refractivity contribution in [2.75, 3.05) is 14.7 Å². The summed E-state index contributed by atoms with van der Waals surface area (Å²) in [7, 11) is 0. The van der Waals surface area contributed by atoms with Crippen LogP contribution in [0, 0.1) is 5.92 Å². The molecule has 0 aliphatic heterocycles. The van der Waals surface area contributed by atoms with Gasteiger partial charge < -0.3 is 14.7 Å². The van der Waals surface area contributed by atoms with Gasteiger partial charge in [0, 0.05) is 62.2 Å². The summed E-state index contributed by atoms with van der Waals surface area (Å²) < 4.78 is 0. The second-order valence-corrected chi connectivity index (χ2v) is 15.8. The van der Waals surface area contributed by atoms with E-state index in [2.05, 4.69) is 246 Å². The number of anilines is 8. The minimum absolute atomic E-state index is 0.166. The molecule has 9 aromatic rings. The Labute approximate surface area is 375 Å². The Morgan fingerprint density at radius 1 is 0.297 bits per heavy atom. The normalized spacial score (nSPS) is 14.2. The van der Waals surface area contributed by atoms with Gasteiger partial charge in [0.05, 0.1) is 6.04 Å². The Balaban J connectivity index is 1.05. The van der Waals surface area contributed by atoms with Crippen molar-refractivity contribution in [1.29, 1.82) is 0 Å². The second-order valence-electron chi connectivity index (χ2n) is 15.8. The van der Waals surface area contributed by atoms with Gasteiger partial charge in [0.2, 0.25) is 0 Å². The molecular formula is C58H46N6. The average molecular weight is 827 g/mol. The maximum Gasteiger partial charge on any atom is 0.164 e. The molecule has 6 heteroatoms. The summed E-state index contributed by atoms with van der Waals surface area (Å²) in [6, 6.07) is 78.1. The fourth-order valence-corrected chi connectivity index (χ4v) is 8.37. The van der Waals surface area contributed by atoms with Crippen molar-refractivity contribution in [2.45, 2.75) is 13.0 Å². The maximum atomic E-state index is 5.17. The SMILES string of the molecule is CC1C=CC=CC1N(c1ccccc1)c1ccc(-c2nc(-c3ccc(N(c4ccccc4)c4ccccc4)cc3)nc(-c3ccc(N(c4ccccc4)c4ccccc4)cc3)n2)cc1. The van der Waals surface area contributed by atoms with Crippen LogP contribution >= 0.6 is 0 Å². The molecule has 1 aliphatic carbocycles. The van der Waals surface area contributed by atoms with Crippen LogP contribution in [-0.4, -0.2) is 21.0 Å². The average Bonchev–Trinajstić information content (AvgIpc) is 3.37. The van der Waals surface area contributed by atoms with E-state index in [1.54, 1.807) is 0 Å². The molecule has 0 bridgehead atoms. The highest BCUT2D eigenvalue weighted by Gasteiger charge is 2.25. The van der Waals surface area contributed by atoms with Crippen molar-refractivity contribution < 1.29 is 0 Å². The summed E-state index contributed by atoms with van der Waals surface area (Å²) in [5.74, 6) is 2.13. The Bertz CT molecular complexity index is 2750. The fraction of sp³-hybridized carbons (Fsp3) is 0.0517. The van der Waals surface area contributed by atoms with Crippen LogP contribution in [0.3, 0.4) is 0 Å². The Morgan fingerprint density at radius 2 is 0.562 bits per heavy atom. The third kappa shape index (κ3) is 8.45. The third-order valence-electron chi connectivity index (χ3n) is 11.6. The second kappa shape index (κ2) is 18.3. The minimum Gasteiger partial charge on any atom is -0.334 e. The van der Waals surface area contributed by atoms with E-state index in [-0.39, 0.29) is 6.04 Å². The van der Waals surface area contributed by atoms with Crippen LogP contribution in [0.4, 0.5) is 45.5 Å². The van der Waals surface area contributed by atoms with Gasteiger partial charge in [0.25, 0.3) is 0 Å². The lowest BCUT2D eigenvalue weighted by Gasteiger charge is -2.36. The summed E-state index contributed by atoms with van der Waals surface area (Å²) in [4.78, 5) is 22.4. The zero-order valence-electron chi connectivity index (χ0n) is 35.5. The van der Waals surface area contributed by atoms with Crippen molar-refractivity contribution in [3.8, 4) is 34.2 Å². The van der Waals surface area contributed by atoms with E-state index in [4.69, 9.17) is 15.0 Å². The van der Waals surface area contributed by atoms with E-state index in [1.165, 1.54) is 0 Å². The van der Waals surface area contributed by atoms with Crippen molar-refractivity contribution >= 4 is 45.5 Å². The van der Waals surface area contributed by atoms with Gasteiger partial charge in [-0.3, -0.25) is 0 Å². The van der Waals surface area contributed by atoms with E-state index in [9.17, 15) is 0 Å². The van der Waals surface area contributed by atoms with Crippen molar-refractivity contribution in [3.05, 3.63) is 249 Å². The summed E-state index contributed by atoms with van der Waals surface area (Å²) in [5, 5.41) is 0. The van der Waals surface area contributed by atoms with Crippen molar-refractivity contribution in [1.82, 2.24) is 15.0 Å². The highest BCUT2D eigenvalue weighted by molar-refractivity contribution is 5.80. The highest BCUT2D eigenvalue weighted by Crippen LogP contribution is 2.38. The van der Waals surface area contributed by atoms with Crippen LogP contribution in [0.15, 0.2) is 249 Å². The summed E-state index contributed by atoms with van der Waals surface area (Å²) in [6.45, 7) is 2.27. The van der Waals surface area contributed by atoms with Crippen LogP contribution in [0.5, 0.6) is 0 Å². The molecule has 2 atom stereocenters. The van der Waals surface area contributed by atoms with E-state index in [0.29, 0.717) is 23.4 Å². The molecule has 10 rings (SSSR count). The fourth-order valence-electron chi connectivity index (χ4n) is 8.37. The molecule has 1 aromatic heterocycles. The number of benzene rings is 8. The quantitative estimate of drug-likeness (QED) is 0.122. The first-order valence-electron chi connectivity index (χ1n) is 21.7. The molecule has 0 amide bonds. The lowest BCUT2D eigenvalue weighted by atomic mass is 9.94. The van der Waals surface area contributed by atoms with E-state index in [0.717, 1.165) is 62.2 Å². The maximum absolute atomic E-state index is 5.17. The van der Waals surface area contributed by atoms with Crippen LogP contribution in [0.2, 0.25) is 0 Å². The lowest BCUT2D eigenvalue weighted by molar-refractivity contribution is 0.609. The van der Waals surface area contributed by atoms with Gasteiger partial charge in [-0.1, -0.05) is 122 Å². The number of para-hydroxylation sites is 5. The number of hydrogen-bond donors (Lipinski definition) is 0. The van der Waals surface area contributed by atoms with E-state index < -0.39 is 0 Å². The largest absolute Gasteiger partial charge is 0.334 e. The Hall–Kier alpha value is -8.35. The standard InChI is InChI=1S/C58H46N6/c1-43-19-17-18-30-55(43)64(51-28-15-6-16-29-51)54-41-35-46(36-42-54)58-60-56(44-31-37-52(38-32-44)62(47-20-7-2-8-21-47)48-22-9-3-10-23-48)59-57(61-58)45-33-39-53(40-34-45)63(49-24-11-4-12-25-49)50-26-13-5-14-27-50/h2-43,55H,1H3. The highest BCUT2D eigenvalue weighted by atomic mass is 15.2. The third-order valence-corrected chi connectivity index (χ3v) is 11.6. The Morgan fingerprint density at radius 3 is 0.891 bits per heavy atom. The molecule has 0 radical (unpaired) electrons. The lowest BCUT2D eigenvalue weighted by Crippen LogP contribution is -2.35. The van der Waals surface area contributed by atoms with E-state index >= 15 is 0 Å². The van der Waals surface area contributed by atoms with E-state index in [1.807, 2.05) is 24.3 Å². The number of allylic oxidation sites excluding steroid dienone is 2. The van der Waals surface area contributed by atoms with Crippen LogP contribution < -0.4 is 14.7 Å². The number of rotatable bonds is 12. The summed E-state index contributed by atoms with van der Waals surface area (Å²) >= 11 is 0. The van der Waals surface area contributed by atoms with Gasteiger partial charge in [-0.05, 0) is 139 Å². The summed E-state index contributed by atoms with van der Waals surface area (Å²) in [5.41, 5.74) is 11.3. The van der Waals surface area contributed by atoms with Gasteiger partial charge in [-0.15, -0.1) is 0 Å². The molecule has 6 nitrogen and oxygen atoms in total. The zero-order valence-corrected chi connectivity index (χ0v) is 35.5.